The van der Waals surface area contributed by atoms with E-state index in [2.05, 4.69) is 11.1 Å². The lowest BCUT2D eigenvalue weighted by Crippen LogP contribution is -2.01. The van der Waals surface area contributed by atoms with Crippen molar-refractivity contribution in [3.8, 4) is 11.8 Å². The molecule has 1 heterocycles. The molecule has 0 radical (unpaired) electrons. The number of thioether (sulfide) groups is 1. The lowest BCUT2D eigenvalue weighted by molar-refractivity contribution is -0.136. The lowest BCUT2D eigenvalue weighted by atomic mass is 10.2. The number of hydrogen-bond acceptors (Lipinski definition) is 6. The molecule has 1 aromatic carbocycles. The van der Waals surface area contributed by atoms with Crippen molar-refractivity contribution >= 4 is 29.1 Å². The van der Waals surface area contributed by atoms with Gasteiger partial charge in [0.2, 0.25) is 0 Å². The molecule has 1 aromatic heterocycles. The first-order valence-electron chi connectivity index (χ1n) is 6.09. The third-order valence-corrected chi connectivity index (χ3v) is 4.46. The summed E-state index contributed by atoms with van der Waals surface area (Å²) in [5, 5.41) is 19.1. The second kappa shape index (κ2) is 7.67. The maximum atomic E-state index is 10.6. The second-order valence-electron chi connectivity index (χ2n) is 4.01. The SMILES string of the molecule is N#Cc1ccc(OCCSc2nc(CC(=O)O)cs2)cc1. The van der Waals surface area contributed by atoms with E-state index >= 15 is 0 Å². The zero-order valence-corrected chi connectivity index (χ0v) is 12.6. The monoisotopic (exact) mass is 320 g/mol. The maximum Gasteiger partial charge on any atom is 0.309 e. The van der Waals surface area contributed by atoms with E-state index in [0.717, 1.165) is 15.8 Å². The number of benzene rings is 1. The number of carbonyl (C=O) groups is 1. The van der Waals surface area contributed by atoms with E-state index in [1.165, 1.54) is 23.1 Å². The molecule has 7 heteroatoms. The molecule has 0 aliphatic rings. The van der Waals surface area contributed by atoms with Gasteiger partial charge in [-0.15, -0.1) is 11.3 Å². The van der Waals surface area contributed by atoms with Gasteiger partial charge >= 0.3 is 5.97 Å². The van der Waals surface area contributed by atoms with Crippen molar-refractivity contribution in [3.63, 3.8) is 0 Å². The van der Waals surface area contributed by atoms with E-state index in [9.17, 15) is 4.79 Å². The molecule has 0 atom stereocenters. The topological polar surface area (TPSA) is 83.2 Å². The van der Waals surface area contributed by atoms with Crippen LogP contribution in [0.1, 0.15) is 11.3 Å². The summed E-state index contributed by atoms with van der Waals surface area (Å²) < 4.78 is 6.39. The number of ether oxygens (including phenoxy) is 1. The maximum absolute atomic E-state index is 10.6. The number of carboxylic acid groups (broad SMARTS) is 1. The van der Waals surface area contributed by atoms with Crippen molar-refractivity contribution in [3.05, 3.63) is 40.9 Å². The number of thiazole rings is 1. The number of rotatable bonds is 7. The molecule has 0 bridgehead atoms. The minimum absolute atomic E-state index is 0.0429. The van der Waals surface area contributed by atoms with Gasteiger partial charge in [-0.2, -0.15) is 5.26 Å². The molecule has 0 fully saturated rings. The highest BCUT2D eigenvalue weighted by Gasteiger charge is 2.06. The minimum Gasteiger partial charge on any atom is -0.493 e. The Labute approximate surface area is 130 Å². The molecule has 0 amide bonds. The molecule has 0 aliphatic carbocycles. The van der Waals surface area contributed by atoms with Crippen LogP contribution < -0.4 is 4.74 Å². The van der Waals surface area contributed by atoms with E-state index in [1.807, 2.05) is 0 Å². The van der Waals surface area contributed by atoms with Crippen LogP contribution in [0.4, 0.5) is 0 Å². The molecule has 108 valence electrons. The van der Waals surface area contributed by atoms with Crippen LogP contribution in [0.15, 0.2) is 34.0 Å². The van der Waals surface area contributed by atoms with Gasteiger partial charge < -0.3 is 9.84 Å². The Bertz CT molecular complexity index is 647. The van der Waals surface area contributed by atoms with Crippen molar-refractivity contribution in [2.75, 3.05) is 12.4 Å². The van der Waals surface area contributed by atoms with Crippen LogP contribution >= 0.6 is 23.1 Å². The van der Waals surface area contributed by atoms with Crippen LogP contribution in [0.3, 0.4) is 0 Å². The molecule has 0 aliphatic heterocycles. The quantitative estimate of drug-likeness (QED) is 0.624. The summed E-state index contributed by atoms with van der Waals surface area (Å²) in [5.74, 6) is 0.571. The average Bonchev–Trinajstić information content (AvgIpc) is 2.91. The van der Waals surface area contributed by atoms with Gasteiger partial charge in [0.15, 0.2) is 0 Å². The molecule has 1 N–H and O–H groups in total. The first-order chi connectivity index (χ1) is 10.2. The Balaban J connectivity index is 1.72. The molecule has 2 aromatic rings. The van der Waals surface area contributed by atoms with Crippen LogP contribution in [0.25, 0.3) is 0 Å². The van der Waals surface area contributed by atoms with Gasteiger partial charge in [-0.25, -0.2) is 4.98 Å². The van der Waals surface area contributed by atoms with Gasteiger partial charge in [0, 0.05) is 11.1 Å². The van der Waals surface area contributed by atoms with Crippen LogP contribution in [0, 0.1) is 11.3 Å². The summed E-state index contributed by atoms with van der Waals surface area (Å²) in [4.78, 5) is 14.8. The summed E-state index contributed by atoms with van der Waals surface area (Å²) in [6, 6.07) is 8.99. The highest BCUT2D eigenvalue weighted by Crippen LogP contribution is 2.23. The normalized spacial score (nSPS) is 10.0. The van der Waals surface area contributed by atoms with E-state index in [0.29, 0.717) is 17.9 Å². The van der Waals surface area contributed by atoms with Crippen LogP contribution in [-0.2, 0) is 11.2 Å². The molecule has 0 unspecified atom stereocenters. The molecular weight excluding hydrogens is 308 g/mol. The van der Waals surface area contributed by atoms with Gasteiger partial charge in [0.1, 0.15) is 10.1 Å². The average molecular weight is 320 g/mol. The first kappa shape index (κ1) is 15.4. The van der Waals surface area contributed by atoms with Crippen molar-refractivity contribution < 1.29 is 14.6 Å². The molecule has 0 saturated carbocycles. The predicted octanol–water partition coefficient (Wildman–Crippen LogP) is 2.81. The lowest BCUT2D eigenvalue weighted by Gasteiger charge is -2.04. The molecule has 2 rings (SSSR count). The molecule has 21 heavy (non-hydrogen) atoms. The van der Waals surface area contributed by atoms with Gasteiger partial charge in [-0.1, -0.05) is 11.8 Å². The Hall–Kier alpha value is -2.04. The van der Waals surface area contributed by atoms with Gasteiger partial charge in [-0.3, -0.25) is 4.79 Å². The fourth-order valence-corrected chi connectivity index (χ4v) is 3.24. The first-order valence-corrected chi connectivity index (χ1v) is 7.96. The minimum atomic E-state index is -0.874. The fourth-order valence-electron chi connectivity index (χ4n) is 1.51. The third-order valence-electron chi connectivity index (χ3n) is 2.42. The number of nitrogens with zero attached hydrogens (tertiary/aromatic N) is 2. The van der Waals surface area contributed by atoms with E-state index in [4.69, 9.17) is 15.1 Å². The number of carboxylic acids is 1. The fraction of sp³-hybridized carbons (Fsp3) is 0.214. The van der Waals surface area contributed by atoms with Gasteiger partial charge in [0.25, 0.3) is 0 Å². The van der Waals surface area contributed by atoms with E-state index < -0.39 is 5.97 Å². The predicted molar refractivity (Wildman–Crippen MR) is 80.8 cm³/mol. The summed E-state index contributed by atoms with van der Waals surface area (Å²) in [7, 11) is 0. The number of hydrogen-bond donors (Lipinski definition) is 1. The third kappa shape index (κ3) is 5.10. The number of aliphatic carboxylic acids is 1. The van der Waals surface area contributed by atoms with Crippen LogP contribution in [0.5, 0.6) is 5.75 Å². The van der Waals surface area contributed by atoms with Crippen molar-refractivity contribution in [2.45, 2.75) is 10.8 Å². The van der Waals surface area contributed by atoms with E-state index in [-0.39, 0.29) is 6.42 Å². The summed E-state index contributed by atoms with van der Waals surface area (Å²) in [6.07, 6.45) is -0.0429. The zero-order chi connectivity index (χ0) is 15.1. The van der Waals surface area contributed by atoms with E-state index in [1.54, 1.807) is 29.6 Å². The smallest absolute Gasteiger partial charge is 0.309 e. The van der Waals surface area contributed by atoms with Gasteiger partial charge in [-0.05, 0) is 24.3 Å². The Kier molecular flexibility index (Phi) is 5.60. The number of aromatic nitrogens is 1. The van der Waals surface area contributed by atoms with Crippen molar-refractivity contribution in [1.29, 1.82) is 5.26 Å². The summed E-state index contributed by atoms with van der Waals surface area (Å²) in [6.45, 7) is 0.518. The molecule has 0 spiro atoms. The highest BCUT2D eigenvalue weighted by molar-refractivity contribution is 8.01. The number of nitriles is 1. The second-order valence-corrected chi connectivity index (χ2v) is 6.21. The zero-order valence-electron chi connectivity index (χ0n) is 11.0. The highest BCUT2D eigenvalue weighted by atomic mass is 32.2. The van der Waals surface area contributed by atoms with Crippen LogP contribution in [0.2, 0.25) is 0 Å². The Morgan fingerprint density at radius 3 is 2.86 bits per heavy atom. The molecular formula is C14H12N2O3S2. The van der Waals surface area contributed by atoms with Crippen molar-refractivity contribution in [2.24, 2.45) is 0 Å². The standard InChI is InChI=1S/C14H12N2O3S2/c15-8-10-1-3-12(4-2-10)19-5-6-20-14-16-11(9-21-14)7-13(17)18/h1-4,9H,5-7H2,(H,17,18). The van der Waals surface area contributed by atoms with Crippen LogP contribution in [-0.4, -0.2) is 28.4 Å². The molecule has 5 nitrogen and oxygen atoms in total. The van der Waals surface area contributed by atoms with Crippen molar-refractivity contribution in [1.82, 2.24) is 4.98 Å². The molecule has 0 saturated heterocycles. The summed E-state index contributed by atoms with van der Waals surface area (Å²) in [5.41, 5.74) is 1.19. The Morgan fingerprint density at radius 2 is 2.19 bits per heavy atom. The van der Waals surface area contributed by atoms with Gasteiger partial charge in [0.05, 0.1) is 30.4 Å². The largest absolute Gasteiger partial charge is 0.493 e. The summed E-state index contributed by atoms with van der Waals surface area (Å²) >= 11 is 2.97. The Morgan fingerprint density at radius 1 is 1.43 bits per heavy atom.